The SMILES string of the molecule is Fc1ccc(CNC2CCOC2)cn1. The lowest BCUT2D eigenvalue weighted by Crippen LogP contribution is -2.28. The monoisotopic (exact) mass is 196 g/mol. The molecule has 1 aromatic heterocycles. The third kappa shape index (κ3) is 2.49. The van der Waals surface area contributed by atoms with Crippen molar-refractivity contribution in [2.75, 3.05) is 13.2 Å². The third-order valence-electron chi connectivity index (χ3n) is 2.31. The average Bonchev–Trinajstić information content (AvgIpc) is 2.70. The van der Waals surface area contributed by atoms with E-state index in [9.17, 15) is 4.39 Å². The van der Waals surface area contributed by atoms with Gasteiger partial charge >= 0.3 is 0 Å². The minimum absolute atomic E-state index is 0.431. The molecule has 14 heavy (non-hydrogen) atoms. The van der Waals surface area contributed by atoms with Gasteiger partial charge in [-0.15, -0.1) is 0 Å². The second kappa shape index (κ2) is 4.48. The molecular weight excluding hydrogens is 183 g/mol. The van der Waals surface area contributed by atoms with Gasteiger partial charge in [0.25, 0.3) is 0 Å². The Kier molecular flexibility index (Phi) is 3.06. The topological polar surface area (TPSA) is 34.1 Å². The molecule has 0 aromatic carbocycles. The van der Waals surface area contributed by atoms with Crippen molar-refractivity contribution in [2.45, 2.75) is 19.0 Å². The van der Waals surface area contributed by atoms with E-state index in [1.807, 2.05) is 0 Å². The molecular formula is C10H13FN2O. The molecule has 2 rings (SSSR count). The van der Waals surface area contributed by atoms with Crippen LogP contribution in [0.2, 0.25) is 0 Å². The smallest absolute Gasteiger partial charge is 0.212 e. The molecule has 1 aliphatic heterocycles. The van der Waals surface area contributed by atoms with Gasteiger partial charge in [-0.2, -0.15) is 4.39 Å². The molecule has 1 aromatic rings. The zero-order valence-electron chi connectivity index (χ0n) is 7.87. The normalized spacial score (nSPS) is 21.4. The molecule has 0 spiro atoms. The first kappa shape index (κ1) is 9.55. The van der Waals surface area contributed by atoms with Crippen LogP contribution in [0.1, 0.15) is 12.0 Å². The van der Waals surface area contributed by atoms with Crippen molar-refractivity contribution in [1.82, 2.24) is 10.3 Å². The number of pyridine rings is 1. The highest BCUT2D eigenvalue weighted by atomic mass is 19.1. The van der Waals surface area contributed by atoms with Crippen molar-refractivity contribution in [3.8, 4) is 0 Å². The van der Waals surface area contributed by atoms with E-state index in [0.717, 1.165) is 31.7 Å². The lowest BCUT2D eigenvalue weighted by molar-refractivity contribution is 0.190. The molecule has 0 amide bonds. The molecule has 4 heteroatoms. The second-order valence-electron chi connectivity index (χ2n) is 3.43. The Balaban J connectivity index is 1.82. The maximum Gasteiger partial charge on any atom is 0.212 e. The molecule has 0 bridgehead atoms. The molecule has 0 radical (unpaired) electrons. The number of nitrogens with zero attached hydrogens (tertiary/aromatic N) is 1. The van der Waals surface area contributed by atoms with Crippen LogP contribution in [0.15, 0.2) is 18.3 Å². The van der Waals surface area contributed by atoms with Gasteiger partial charge in [0.1, 0.15) is 0 Å². The minimum atomic E-state index is -0.432. The van der Waals surface area contributed by atoms with Crippen LogP contribution in [0.4, 0.5) is 4.39 Å². The van der Waals surface area contributed by atoms with Gasteiger partial charge in [-0.1, -0.05) is 6.07 Å². The van der Waals surface area contributed by atoms with Gasteiger partial charge in [0.05, 0.1) is 6.61 Å². The van der Waals surface area contributed by atoms with Crippen LogP contribution >= 0.6 is 0 Å². The first-order valence-electron chi connectivity index (χ1n) is 4.76. The van der Waals surface area contributed by atoms with E-state index in [1.165, 1.54) is 6.07 Å². The minimum Gasteiger partial charge on any atom is -0.380 e. The molecule has 1 atom stereocenters. The first-order chi connectivity index (χ1) is 6.84. The number of nitrogens with one attached hydrogen (secondary N) is 1. The molecule has 3 nitrogen and oxygen atoms in total. The number of hydrogen-bond acceptors (Lipinski definition) is 3. The number of ether oxygens (including phenoxy) is 1. The lowest BCUT2D eigenvalue weighted by Gasteiger charge is -2.09. The zero-order chi connectivity index (χ0) is 9.80. The zero-order valence-corrected chi connectivity index (χ0v) is 7.87. The quantitative estimate of drug-likeness (QED) is 0.735. The van der Waals surface area contributed by atoms with Crippen molar-refractivity contribution in [1.29, 1.82) is 0 Å². The molecule has 2 heterocycles. The van der Waals surface area contributed by atoms with Crippen LogP contribution in [0.3, 0.4) is 0 Å². The van der Waals surface area contributed by atoms with Gasteiger partial charge in [-0.05, 0) is 18.1 Å². The highest BCUT2D eigenvalue weighted by Crippen LogP contribution is 2.05. The van der Waals surface area contributed by atoms with E-state index >= 15 is 0 Å². The maximum atomic E-state index is 12.5. The van der Waals surface area contributed by atoms with E-state index in [1.54, 1.807) is 12.3 Å². The van der Waals surface area contributed by atoms with Crippen LogP contribution in [0.5, 0.6) is 0 Å². The predicted molar refractivity (Wildman–Crippen MR) is 50.3 cm³/mol. The van der Waals surface area contributed by atoms with Gasteiger partial charge < -0.3 is 10.1 Å². The highest BCUT2D eigenvalue weighted by Gasteiger charge is 2.14. The molecule has 1 saturated heterocycles. The molecule has 0 aliphatic carbocycles. The van der Waals surface area contributed by atoms with Gasteiger partial charge in [0, 0.05) is 25.4 Å². The molecule has 1 unspecified atom stereocenters. The number of hydrogen-bond donors (Lipinski definition) is 1. The average molecular weight is 196 g/mol. The largest absolute Gasteiger partial charge is 0.380 e. The van der Waals surface area contributed by atoms with E-state index in [2.05, 4.69) is 10.3 Å². The first-order valence-corrected chi connectivity index (χ1v) is 4.76. The maximum absolute atomic E-state index is 12.5. The van der Waals surface area contributed by atoms with Gasteiger partial charge in [0.15, 0.2) is 0 Å². The summed E-state index contributed by atoms with van der Waals surface area (Å²) in [6.45, 7) is 2.33. The van der Waals surface area contributed by atoms with Gasteiger partial charge in [-0.3, -0.25) is 0 Å². The molecule has 1 aliphatic rings. The predicted octanol–water partition coefficient (Wildman–Crippen LogP) is 1.10. The summed E-state index contributed by atoms with van der Waals surface area (Å²) in [4.78, 5) is 3.59. The molecule has 76 valence electrons. The number of rotatable bonds is 3. The summed E-state index contributed by atoms with van der Waals surface area (Å²) in [5.41, 5.74) is 0.998. The summed E-state index contributed by atoms with van der Waals surface area (Å²) in [5, 5.41) is 3.33. The fraction of sp³-hybridized carbons (Fsp3) is 0.500. The lowest BCUT2D eigenvalue weighted by atomic mass is 10.2. The summed E-state index contributed by atoms with van der Waals surface area (Å²) in [6.07, 6.45) is 2.60. The van der Waals surface area contributed by atoms with Crippen LogP contribution < -0.4 is 5.32 Å². The summed E-state index contributed by atoms with van der Waals surface area (Å²) < 4.78 is 17.7. The Bertz CT molecular complexity index is 283. The number of halogens is 1. The van der Waals surface area contributed by atoms with Crippen LogP contribution in [-0.4, -0.2) is 24.2 Å². The van der Waals surface area contributed by atoms with E-state index in [-0.39, 0.29) is 0 Å². The van der Waals surface area contributed by atoms with Crippen molar-refractivity contribution >= 4 is 0 Å². The summed E-state index contributed by atoms with van der Waals surface area (Å²) in [5.74, 6) is -0.432. The van der Waals surface area contributed by atoms with Gasteiger partial charge in [-0.25, -0.2) is 4.98 Å². The Morgan fingerprint density at radius 2 is 2.50 bits per heavy atom. The molecule has 1 fully saturated rings. The van der Waals surface area contributed by atoms with Crippen LogP contribution in [-0.2, 0) is 11.3 Å². The number of aromatic nitrogens is 1. The van der Waals surface area contributed by atoms with Crippen molar-refractivity contribution in [2.24, 2.45) is 0 Å². The van der Waals surface area contributed by atoms with Crippen molar-refractivity contribution < 1.29 is 9.13 Å². The Labute approximate surface area is 82.3 Å². The van der Waals surface area contributed by atoms with Gasteiger partial charge in [0.2, 0.25) is 5.95 Å². The van der Waals surface area contributed by atoms with Crippen LogP contribution in [0, 0.1) is 5.95 Å². The van der Waals surface area contributed by atoms with Crippen molar-refractivity contribution in [3.05, 3.63) is 29.8 Å². The summed E-state index contributed by atoms with van der Waals surface area (Å²) >= 11 is 0. The Morgan fingerprint density at radius 1 is 1.57 bits per heavy atom. The molecule has 1 N–H and O–H groups in total. The standard InChI is InChI=1S/C10H13FN2O/c11-10-2-1-8(6-13-10)5-12-9-3-4-14-7-9/h1-2,6,9,12H,3-5,7H2. The van der Waals surface area contributed by atoms with E-state index in [0.29, 0.717) is 6.04 Å². The highest BCUT2D eigenvalue weighted by molar-refractivity contribution is 5.09. The van der Waals surface area contributed by atoms with Crippen molar-refractivity contribution in [3.63, 3.8) is 0 Å². The fourth-order valence-electron chi connectivity index (χ4n) is 1.47. The Hall–Kier alpha value is -1.00. The summed E-state index contributed by atoms with van der Waals surface area (Å²) in [6, 6.07) is 3.55. The fourth-order valence-corrected chi connectivity index (χ4v) is 1.47. The second-order valence-corrected chi connectivity index (χ2v) is 3.43. The third-order valence-corrected chi connectivity index (χ3v) is 2.31. The summed E-state index contributed by atoms with van der Waals surface area (Å²) in [7, 11) is 0. The Morgan fingerprint density at radius 3 is 3.14 bits per heavy atom. The van der Waals surface area contributed by atoms with E-state index in [4.69, 9.17) is 4.74 Å². The van der Waals surface area contributed by atoms with E-state index < -0.39 is 5.95 Å². The van der Waals surface area contributed by atoms with Crippen LogP contribution in [0.25, 0.3) is 0 Å². The molecule has 0 saturated carbocycles.